The fourth-order valence-corrected chi connectivity index (χ4v) is 3.71. The van der Waals surface area contributed by atoms with Crippen LogP contribution in [-0.4, -0.2) is 29.9 Å². The van der Waals surface area contributed by atoms with Crippen LogP contribution in [0.5, 0.6) is 5.75 Å². The summed E-state index contributed by atoms with van der Waals surface area (Å²) in [5, 5.41) is 3.57. The van der Waals surface area contributed by atoms with E-state index in [-0.39, 0.29) is 11.8 Å². The maximum absolute atomic E-state index is 13.2. The molecule has 0 aromatic heterocycles. The third-order valence-corrected chi connectivity index (χ3v) is 5.80. The minimum Gasteiger partial charge on any atom is -0.496 e. The number of methoxy groups -OCH3 is 1. The molecule has 3 rings (SSSR count). The van der Waals surface area contributed by atoms with E-state index in [2.05, 4.69) is 5.32 Å². The quantitative estimate of drug-likeness (QED) is 0.458. The number of ether oxygens (including phenoxy) is 1. The Morgan fingerprint density at radius 1 is 0.939 bits per heavy atom. The Labute approximate surface area is 200 Å². The summed E-state index contributed by atoms with van der Waals surface area (Å²) in [6.45, 7) is 2.40. The Hall–Kier alpha value is -3.31. The van der Waals surface area contributed by atoms with Crippen molar-refractivity contribution in [3.05, 3.63) is 101 Å². The van der Waals surface area contributed by atoms with Gasteiger partial charge in [-0.25, -0.2) is 0 Å². The van der Waals surface area contributed by atoms with Crippen LogP contribution in [0.4, 0.5) is 0 Å². The van der Waals surface area contributed by atoms with E-state index in [1.54, 1.807) is 31.1 Å². The molecule has 0 bridgehead atoms. The van der Waals surface area contributed by atoms with Crippen LogP contribution < -0.4 is 10.1 Å². The summed E-state index contributed by atoms with van der Waals surface area (Å²) in [7, 11) is 1.60. The molecule has 0 aliphatic heterocycles. The van der Waals surface area contributed by atoms with Crippen LogP contribution in [0.25, 0.3) is 0 Å². The Morgan fingerprint density at radius 3 is 2.30 bits per heavy atom. The van der Waals surface area contributed by atoms with E-state index >= 15 is 0 Å². The number of nitrogens with zero attached hydrogens (tertiary/aromatic N) is 1. The Morgan fingerprint density at radius 2 is 1.61 bits per heavy atom. The van der Waals surface area contributed by atoms with Gasteiger partial charge in [-0.15, -0.1) is 0 Å². The van der Waals surface area contributed by atoms with E-state index in [1.807, 2.05) is 66.7 Å². The second-order valence-corrected chi connectivity index (χ2v) is 8.28. The standard InChI is InChI=1S/C27H29ClN2O3/c1-20(27(32)29-18-23-10-6-7-11-25(23)33-2)30(19-22-12-15-24(28)16-13-22)26(31)17-14-21-8-4-3-5-9-21/h3-13,15-16,20H,14,17-19H2,1-2H3,(H,29,32). The van der Waals surface area contributed by atoms with Gasteiger partial charge in [0, 0.05) is 30.1 Å². The van der Waals surface area contributed by atoms with Gasteiger partial charge in [0.2, 0.25) is 11.8 Å². The maximum atomic E-state index is 13.2. The molecule has 3 aromatic rings. The number of para-hydroxylation sites is 1. The van der Waals surface area contributed by atoms with E-state index in [1.165, 1.54) is 0 Å². The first kappa shape index (κ1) is 24.3. The average molecular weight is 465 g/mol. The first-order chi connectivity index (χ1) is 16.0. The molecule has 0 aliphatic rings. The minimum atomic E-state index is -0.640. The molecule has 5 nitrogen and oxygen atoms in total. The van der Waals surface area contributed by atoms with Gasteiger partial charge in [-0.05, 0) is 42.7 Å². The molecular formula is C27H29ClN2O3. The highest BCUT2D eigenvalue weighted by molar-refractivity contribution is 6.30. The lowest BCUT2D eigenvalue weighted by Crippen LogP contribution is -2.47. The number of hydrogen-bond acceptors (Lipinski definition) is 3. The minimum absolute atomic E-state index is 0.0752. The van der Waals surface area contributed by atoms with Crippen molar-refractivity contribution in [3.8, 4) is 5.75 Å². The van der Waals surface area contributed by atoms with Crippen molar-refractivity contribution in [2.45, 2.75) is 38.9 Å². The molecule has 0 saturated carbocycles. The van der Waals surface area contributed by atoms with Crippen LogP contribution in [0.1, 0.15) is 30.0 Å². The van der Waals surface area contributed by atoms with Gasteiger partial charge in [-0.2, -0.15) is 0 Å². The second kappa shape index (κ2) is 12.1. The monoisotopic (exact) mass is 464 g/mol. The Kier molecular flexibility index (Phi) is 8.90. The summed E-state index contributed by atoms with van der Waals surface area (Å²) in [5.41, 5.74) is 2.88. The van der Waals surface area contributed by atoms with Crippen LogP contribution in [0, 0.1) is 0 Å². The van der Waals surface area contributed by atoms with E-state index in [0.717, 1.165) is 16.7 Å². The fourth-order valence-electron chi connectivity index (χ4n) is 3.59. The molecule has 6 heteroatoms. The first-order valence-electron chi connectivity index (χ1n) is 11.0. The summed E-state index contributed by atoms with van der Waals surface area (Å²) >= 11 is 6.01. The highest BCUT2D eigenvalue weighted by atomic mass is 35.5. The molecule has 0 aliphatic carbocycles. The molecule has 172 valence electrons. The number of carbonyl (C=O) groups excluding carboxylic acids is 2. The van der Waals surface area contributed by atoms with Crippen LogP contribution in [0.3, 0.4) is 0 Å². The van der Waals surface area contributed by atoms with E-state index in [0.29, 0.717) is 36.7 Å². The molecule has 0 radical (unpaired) electrons. The summed E-state index contributed by atoms with van der Waals surface area (Å²) in [4.78, 5) is 27.9. The van der Waals surface area contributed by atoms with E-state index < -0.39 is 6.04 Å². The number of aryl methyl sites for hydroxylation is 1. The number of nitrogens with one attached hydrogen (secondary N) is 1. The van der Waals surface area contributed by atoms with E-state index in [9.17, 15) is 9.59 Å². The molecule has 0 saturated heterocycles. The molecule has 33 heavy (non-hydrogen) atoms. The zero-order valence-corrected chi connectivity index (χ0v) is 19.7. The summed E-state index contributed by atoms with van der Waals surface area (Å²) in [6.07, 6.45) is 0.939. The molecule has 0 fully saturated rings. The lowest BCUT2D eigenvalue weighted by molar-refractivity contribution is -0.140. The molecule has 0 heterocycles. The zero-order valence-electron chi connectivity index (χ0n) is 19.0. The van der Waals surface area contributed by atoms with Gasteiger partial charge in [-0.1, -0.05) is 72.3 Å². The van der Waals surface area contributed by atoms with Gasteiger partial charge < -0.3 is 15.0 Å². The summed E-state index contributed by atoms with van der Waals surface area (Å²) in [6, 6.07) is 24.1. The van der Waals surface area contributed by atoms with Gasteiger partial charge in [0.05, 0.1) is 7.11 Å². The third-order valence-electron chi connectivity index (χ3n) is 5.55. The highest BCUT2D eigenvalue weighted by Crippen LogP contribution is 2.18. The summed E-state index contributed by atoms with van der Waals surface area (Å²) in [5.74, 6) is 0.416. The van der Waals surface area contributed by atoms with Crippen molar-refractivity contribution < 1.29 is 14.3 Å². The lowest BCUT2D eigenvalue weighted by Gasteiger charge is -2.29. The molecular weight excluding hydrogens is 436 g/mol. The normalized spacial score (nSPS) is 11.5. The van der Waals surface area contributed by atoms with Crippen LogP contribution >= 0.6 is 11.6 Å². The zero-order chi connectivity index (χ0) is 23.6. The number of rotatable bonds is 10. The van der Waals surface area contributed by atoms with Gasteiger partial charge in [0.15, 0.2) is 0 Å². The molecule has 2 amide bonds. The van der Waals surface area contributed by atoms with Crippen LogP contribution in [-0.2, 0) is 29.1 Å². The fraction of sp³-hybridized carbons (Fsp3) is 0.259. The number of halogens is 1. The smallest absolute Gasteiger partial charge is 0.242 e. The van der Waals surface area contributed by atoms with E-state index in [4.69, 9.17) is 16.3 Å². The predicted molar refractivity (Wildman–Crippen MR) is 131 cm³/mol. The van der Waals surface area contributed by atoms with Crippen molar-refractivity contribution >= 4 is 23.4 Å². The van der Waals surface area contributed by atoms with Crippen LogP contribution in [0.15, 0.2) is 78.9 Å². The molecule has 0 spiro atoms. The predicted octanol–water partition coefficient (Wildman–Crippen LogP) is 5.01. The number of carbonyl (C=O) groups is 2. The molecule has 1 N–H and O–H groups in total. The molecule has 3 aromatic carbocycles. The Bertz CT molecular complexity index is 1050. The SMILES string of the molecule is COc1ccccc1CNC(=O)C(C)N(Cc1ccc(Cl)cc1)C(=O)CCc1ccccc1. The largest absolute Gasteiger partial charge is 0.496 e. The number of benzene rings is 3. The van der Waals surface area contributed by atoms with Gasteiger partial charge in [0.25, 0.3) is 0 Å². The van der Waals surface area contributed by atoms with Crippen LogP contribution in [0.2, 0.25) is 5.02 Å². The average Bonchev–Trinajstić information content (AvgIpc) is 2.85. The highest BCUT2D eigenvalue weighted by Gasteiger charge is 2.26. The first-order valence-corrected chi connectivity index (χ1v) is 11.3. The van der Waals surface area contributed by atoms with Crippen molar-refractivity contribution in [1.29, 1.82) is 0 Å². The summed E-state index contributed by atoms with van der Waals surface area (Å²) < 4.78 is 5.36. The Balaban J connectivity index is 1.71. The third kappa shape index (κ3) is 7.09. The van der Waals surface area contributed by atoms with Crippen molar-refractivity contribution in [1.82, 2.24) is 10.2 Å². The van der Waals surface area contributed by atoms with Crippen molar-refractivity contribution in [2.75, 3.05) is 7.11 Å². The van der Waals surface area contributed by atoms with Gasteiger partial charge >= 0.3 is 0 Å². The van der Waals surface area contributed by atoms with Crippen molar-refractivity contribution in [2.24, 2.45) is 0 Å². The van der Waals surface area contributed by atoms with Gasteiger partial charge in [0.1, 0.15) is 11.8 Å². The number of amides is 2. The molecule has 1 atom stereocenters. The van der Waals surface area contributed by atoms with Gasteiger partial charge in [-0.3, -0.25) is 9.59 Å². The number of hydrogen-bond donors (Lipinski definition) is 1. The maximum Gasteiger partial charge on any atom is 0.242 e. The molecule has 1 unspecified atom stereocenters. The topological polar surface area (TPSA) is 58.6 Å². The second-order valence-electron chi connectivity index (χ2n) is 7.84. The van der Waals surface area contributed by atoms with Crippen molar-refractivity contribution in [3.63, 3.8) is 0 Å². The lowest BCUT2D eigenvalue weighted by atomic mass is 10.1.